The van der Waals surface area contributed by atoms with Gasteiger partial charge in [-0.05, 0) is 24.3 Å². The van der Waals surface area contributed by atoms with Gasteiger partial charge in [0.15, 0.2) is 0 Å². The summed E-state index contributed by atoms with van der Waals surface area (Å²) in [5, 5.41) is 8.92. The first-order valence-corrected chi connectivity index (χ1v) is 7.83. The van der Waals surface area contributed by atoms with Crippen molar-refractivity contribution in [1.82, 2.24) is 14.9 Å². The molecule has 1 N–H and O–H groups in total. The van der Waals surface area contributed by atoms with Crippen molar-refractivity contribution in [2.45, 2.75) is 0 Å². The number of carboxylic acids is 1. The topological polar surface area (TPSA) is 95.9 Å². The molecule has 1 fully saturated rings. The number of anilines is 1. The van der Waals surface area contributed by atoms with Crippen molar-refractivity contribution >= 4 is 17.8 Å². The third-order valence-corrected chi connectivity index (χ3v) is 4.05. The number of methoxy groups -OCH3 is 1. The van der Waals surface area contributed by atoms with E-state index in [2.05, 4.69) is 9.97 Å². The molecule has 0 spiro atoms. The molecule has 1 aromatic heterocycles. The summed E-state index contributed by atoms with van der Waals surface area (Å²) in [6, 6.07) is 7.66. The quantitative estimate of drug-likeness (QED) is 0.890. The van der Waals surface area contributed by atoms with Crippen molar-refractivity contribution in [3.8, 4) is 5.88 Å². The zero-order valence-electron chi connectivity index (χ0n) is 13.8. The Balaban J connectivity index is 1.63. The largest absolute Gasteiger partial charge is 0.481 e. The lowest BCUT2D eigenvalue weighted by Gasteiger charge is -2.34. The van der Waals surface area contributed by atoms with Crippen molar-refractivity contribution in [1.29, 1.82) is 0 Å². The highest BCUT2D eigenvalue weighted by Crippen LogP contribution is 2.16. The van der Waals surface area contributed by atoms with Gasteiger partial charge in [-0.1, -0.05) is 0 Å². The van der Waals surface area contributed by atoms with Crippen LogP contribution in [0.3, 0.4) is 0 Å². The van der Waals surface area contributed by atoms with Gasteiger partial charge in [-0.2, -0.15) is 4.98 Å². The van der Waals surface area contributed by atoms with Crippen LogP contribution >= 0.6 is 0 Å². The Morgan fingerprint density at radius 2 is 1.68 bits per heavy atom. The van der Waals surface area contributed by atoms with Gasteiger partial charge in [0, 0.05) is 44.0 Å². The van der Waals surface area contributed by atoms with Crippen molar-refractivity contribution in [2.75, 3.05) is 38.2 Å². The second-order valence-corrected chi connectivity index (χ2v) is 5.56. The number of piperazine rings is 1. The van der Waals surface area contributed by atoms with Crippen molar-refractivity contribution < 1.29 is 19.4 Å². The van der Waals surface area contributed by atoms with Crippen molar-refractivity contribution in [3.05, 3.63) is 47.7 Å². The summed E-state index contributed by atoms with van der Waals surface area (Å²) in [5.74, 6) is -0.0339. The van der Waals surface area contributed by atoms with Crippen molar-refractivity contribution in [3.63, 3.8) is 0 Å². The number of nitrogens with zero attached hydrogens (tertiary/aromatic N) is 4. The van der Waals surface area contributed by atoms with Gasteiger partial charge in [0.25, 0.3) is 5.91 Å². The smallest absolute Gasteiger partial charge is 0.335 e. The molecule has 8 heteroatoms. The van der Waals surface area contributed by atoms with Crippen LogP contribution in [0.2, 0.25) is 0 Å². The predicted octanol–water partition coefficient (Wildman–Crippen LogP) is 1.15. The lowest BCUT2D eigenvalue weighted by Crippen LogP contribution is -2.49. The summed E-state index contributed by atoms with van der Waals surface area (Å²) in [5.41, 5.74) is 0.646. The second-order valence-electron chi connectivity index (χ2n) is 5.56. The number of hydrogen-bond donors (Lipinski definition) is 1. The van der Waals surface area contributed by atoms with Gasteiger partial charge in [-0.3, -0.25) is 4.79 Å². The SMILES string of the molecule is COc1ccnc(N2CCN(C(=O)c3ccc(C(=O)O)cc3)CC2)n1. The second kappa shape index (κ2) is 7.16. The van der Waals surface area contributed by atoms with Crippen LogP contribution in [0.1, 0.15) is 20.7 Å². The fraction of sp³-hybridized carbons (Fsp3) is 0.294. The number of hydrogen-bond acceptors (Lipinski definition) is 6. The lowest BCUT2D eigenvalue weighted by atomic mass is 10.1. The monoisotopic (exact) mass is 342 g/mol. The molecule has 1 aliphatic rings. The van der Waals surface area contributed by atoms with Crippen molar-refractivity contribution in [2.24, 2.45) is 0 Å². The van der Waals surface area contributed by atoms with E-state index >= 15 is 0 Å². The van der Waals surface area contributed by atoms with Crippen LogP contribution in [0.25, 0.3) is 0 Å². The van der Waals surface area contributed by atoms with Crippen LogP contribution in [0.5, 0.6) is 5.88 Å². The van der Waals surface area contributed by atoms with E-state index in [9.17, 15) is 9.59 Å². The zero-order chi connectivity index (χ0) is 17.8. The highest BCUT2D eigenvalue weighted by atomic mass is 16.5. The van der Waals surface area contributed by atoms with Gasteiger partial charge < -0.3 is 19.6 Å². The molecular formula is C17H18N4O4. The first-order valence-electron chi connectivity index (χ1n) is 7.83. The van der Waals surface area contributed by atoms with E-state index in [0.29, 0.717) is 43.6 Å². The molecule has 1 aliphatic heterocycles. The van der Waals surface area contributed by atoms with Gasteiger partial charge in [-0.15, -0.1) is 0 Å². The van der Waals surface area contributed by atoms with E-state index in [4.69, 9.17) is 9.84 Å². The normalized spacial score (nSPS) is 14.3. The van der Waals surface area contributed by atoms with E-state index in [1.165, 1.54) is 12.1 Å². The summed E-state index contributed by atoms with van der Waals surface area (Å²) < 4.78 is 5.11. The van der Waals surface area contributed by atoms with Gasteiger partial charge in [0.05, 0.1) is 12.7 Å². The Labute approximate surface area is 144 Å². The third-order valence-electron chi connectivity index (χ3n) is 4.05. The molecule has 0 saturated carbocycles. The average molecular weight is 342 g/mol. The maximum Gasteiger partial charge on any atom is 0.335 e. The molecule has 2 heterocycles. The number of rotatable bonds is 4. The third kappa shape index (κ3) is 3.68. The number of ether oxygens (including phenoxy) is 1. The Hall–Kier alpha value is -3.16. The Bertz CT molecular complexity index is 770. The first kappa shape index (κ1) is 16.7. The van der Waals surface area contributed by atoms with Gasteiger partial charge >= 0.3 is 5.97 Å². The van der Waals surface area contributed by atoms with Gasteiger partial charge in [0.2, 0.25) is 11.8 Å². The summed E-state index contributed by atoms with van der Waals surface area (Å²) >= 11 is 0. The first-order chi connectivity index (χ1) is 12.1. The van der Waals surface area contributed by atoms with Gasteiger partial charge in [-0.25, -0.2) is 9.78 Å². The molecule has 1 saturated heterocycles. The fourth-order valence-electron chi connectivity index (χ4n) is 2.65. The summed E-state index contributed by atoms with van der Waals surface area (Å²) in [4.78, 5) is 35.7. The Morgan fingerprint density at radius 3 is 2.28 bits per heavy atom. The predicted molar refractivity (Wildman–Crippen MR) is 90.1 cm³/mol. The Kier molecular flexibility index (Phi) is 4.78. The summed E-state index contributed by atoms with van der Waals surface area (Å²) in [6.07, 6.45) is 1.64. The lowest BCUT2D eigenvalue weighted by molar-refractivity contribution is 0.0693. The molecule has 1 aromatic carbocycles. The van der Waals surface area contributed by atoms with Crippen LogP contribution in [0.15, 0.2) is 36.5 Å². The Morgan fingerprint density at radius 1 is 1.04 bits per heavy atom. The van der Waals surface area contributed by atoms with Crippen LogP contribution in [-0.4, -0.2) is 65.1 Å². The molecule has 1 amide bonds. The number of carboxylic acid groups (broad SMARTS) is 1. The van der Waals surface area contributed by atoms with Crippen LogP contribution in [-0.2, 0) is 0 Å². The zero-order valence-corrected chi connectivity index (χ0v) is 13.8. The highest BCUT2D eigenvalue weighted by molar-refractivity contribution is 5.96. The highest BCUT2D eigenvalue weighted by Gasteiger charge is 2.23. The fourth-order valence-corrected chi connectivity index (χ4v) is 2.65. The molecule has 3 rings (SSSR count). The molecule has 8 nitrogen and oxygen atoms in total. The number of amides is 1. The van der Waals surface area contributed by atoms with E-state index in [-0.39, 0.29) is 11.5 Å². The molecule has 25 heavy (non-hydrogen) atoms. The van der Waals surface area contributed by atoms with Gasteiger partial charge in [0.1, 0.15) is 0 Å². The van der Waals surface area contributed by atoms with E-state index < -0.39 is 5.97 Å². The number of aromatic nitrogens is 2. The molecule has 0 aliphatic carbocycles. The molecule has 0 unspecified atom stereocenters. The van der Waals surface area contributed by atoms with E-state index in [1.807, 2.05) is 4.90 Å². The van der Waals surface area contributed by atoms with E-state index in [1.54, 1.807) is 36.4 Å². The standard InChI is InChI=1S/C17H18N4O4/c1-25-14-6-7-18-17(19-14)21-10-8-20(9-11-21)15(22)12-2-4-13(5-3-12)16(23)24/h2-7H,8-11H2,1H3,(H,23,24). The van der Waals surface area contributed by atoms with Crippen LogP contribution in [0.4, 0.5) is 5.95 Å². The number of carbonyl (C=O) groups is 2. The summed E-state index contributed by atoms with van der Waals surface area (Å²) in [7, 11) is 1.55. The molecule has 0 bridgehead atoms. The minimum atomic E-state index is -1.01. The number of carbonyl (C=O) groups excluding carboxylic acids is 1. The minimum absolute atomic E-state index is 0.108. The molecule has 0 atom stereocenters. The maximum absolute atomic E-state index is 12.5. The number of benzene rings is 1. The molecule has 130 valence electrons. The molecule has 2 aromatic rings. The maximum atomic E-state index is 12.5. The number of aromatic carboxylic acids is 1. The van der Waals surface area contributed by atoms with Crippen LogP contribution < -0.4 is 9.64 Å². The van der Waals surface area contributed by atoms with Crippen LogP contribution in [0, 0.1) is 0 Å². The minimum Gasteiger partial charge on any atom is -0.481 e. The molecule has 0 radical (unpaired) electrons. The average Bonchev–Trinajstić information content (AvgIpc) is 2.67. The molecular weight excluding hydrogens is 324 g/mol. The summed E-state index contributed by atoms with van der Waals surface area (Å²) in [6.45, 7) is 2.32. The van der Waals surface area contributed by atoms with E-state index in [0.717, 1.165) is 0 Å².